The number of sulfonamides is 1. The second-order valence-electron chi connectivity index (χ2n) is 8.62. The van der Waals surface area contributed by atoms with Crippen LogP contribution in [-0.4, -0.2) is 59.9 Å². The number of hydrogen-bond acceptors (Lipinski definition) is 4. The lowest BCUT2D eigenvalue weighted by molar-refractivity contribution is 0.0698. The van der Waals surface area contributed by atoms with Crippen LogP contribution in [0.2, 0.25) is 0 Å². The molecule has 2 heterocycles. The first-order chi connectivity index (χ1) is 16.9. The van der Waals surface area contributed by atoms with Crippen molar-refractivity contribution in [2.75, 3.05) is 26.2 Å². The van der Waals surface area contributed by atoms with Gasteiger partial charge in [-0.2, -0.15) is 9.40 Å². The molecule has 0 bridgehead atoms. The van der Waals surface area contributed by atoms with Gasteiger partial charge in [-0.25, -0.2) is 8.42 Å². The number of para-hydroxylation sites is 1. The van der Waals surface area contributed by atoms with Crippen LogP contribution in [0.5, 0.6) is 0 Å². The van der Waals surface area contributed by atoms with Crippen molar-refractivity contribution < 1.29 is 13.2 Å². The van der Waals surface area contributed by atoms with Gasteiger partial charge in [0, 0.05) is 37.1 Å². The van der Waals surface area contributed by atoms with Crippen molar-refractivity contribution in [3.8, 4) is 0 Å². The van der Waals surface area contributed by atoms with E-state index in [2.05, 4.69) is 10.2 Å². The lowest BCUT2D eigenvalue weighted by Crippen LogP contribution is -2.50. The summed E-state index contributed by atoms with van der Waals surface area (Å²) in [5.74, 6) is -0.0915. The maximum absolute atomic E-state index is 13.0. The molecule has 1 amide bonds. The number of aromatic nitrogens is 2. The number of aromatic amines is 1. The predicted molar refractivity (Wildman–Crippen MR) is 137 cm³/mol. The average Bonchev–Trinajstić information content (AvgIpc) is 3.31. The number of carbonyl (C=O) groups is 1. The van der Waals surface area contributed by atoms with Crippen molar-refractivity contribution in [3.63, 3.8) is 0 Å². The summed E-state index contributed by atoms with van der Waals surface area (Å²) in [4.78, 5) is 15.0. The van der Waals surface area contributed by atoms with Crippen LogP contribution in [0.4, 0.5) is 0 Å². The molecular formula is C27H26N4O3S. The van der Waals surface area contributed by atoms with Crippen LogP contribution in [0, 0.1) is 6.92 Å². The molecule has 0 atom stereocenters. The maximum atomic E-state index is 13.0. The second-order valence-corrected chi connectivity index (χ2v) is 10.6. The number of amides is 1. The Balaban J connectivity index is 1.21. The Morgan fingerprint density at radius 2 is 1.57 bits per heavy atom. The van der Waals surface area contributed by atoms with Crippen molar-refractivity contribution in [1.82, 2.24) is 19.4 Å². The number of nitrogens with one attached hydrogen (secondary N) is 1. The molecule has 1 aliphatic rings. The molecule has 0 aliphatic carbocycles. The lowest BCUT2D eigenvalue weighted by atomic mass is 10.1. The van der Waals surface area contributed by atoms with Gasteiger partial charge < -0.3 is 4.90 Å². The van der Waals surface area contributed by atoms with E-state index in [1.807, 2.05) is 55.5 Å². The molecule has 1 fully saturated rings. The van der Waals surface area contributed by atoms with E-state index in [0.717, 1.165) is 27.7 Å². The quantitative estimate of drug-likeness (QED) is 0.458. The van der Waals surface area contributed by atoms with Crippen LogP contribution in [0.1, 0.15) is 27.2 Å². The summed E-state index contributed by atoms with van der Waals surface area (Å²) in [6.07, 6.45) is 3.91. The molecule has 8 heteroatoms. The lowest BCUT2D eigenvalue weighted by Gasteiger charge is -2.34. The highest BCUT2D eigenvalue weighted by atomic mass is 32.2. The van der Waals surface area contributed by atoms with Crippen molar-refractivity contribution in [2.45, 2.75) is 11.8 Å². The van der Waals surface area contributed by atoms with Crippen LogP contribution < -0.4 is 0 Å². The first-order valence-electron chi connectivity index (χ1n) is 11.5. The zero-order valence-corrected chi connectivity index (χ0v) is 20.2. The van der Waals surface area contributed by atoms with Gasteiger partial charge in [-0.1, -0.05) is 54.1 Å². The van der Waals surface area contributed by atoms with Crippen LogP contribution in [0.25, 0.3) is 23.1 Å². The minimum Gasteiger partial charge on any atom is -0.336 e. The summed E-state index contributed by atoms with van der Waals surface area (Å²) >= 11 is 0. The Hall–Kier alpha value is -3.75. The summed E-state index contributed by atoms with van der Waals surface area (Å²) in [7, 11) is -3.56. The van der Waals surface area contributed by atoms with Gasteiger partial charge in [0.05, 0.1) is 16.1 Å². The van der Waals surface area contributed by atoms with Gasteiger partial charge in [-0.15, -0.1) is 0 Å². The Labute approximate surface area is 204 Å². The highest BCUT2D eigenvalue weighted by Crippen LogP contribution is 2.20. The van der Waals surface area contributed by atoms with E-state index in [9.17, 15) is 13.2 Å². The Kier molecular flexibility index (Phi) is 6.23. The van der Waals surface area contributed by atoms with Crippen LogP contribution in [0.3, 0.4) is 0 Å². The third kappa shape index (κ3) is 4.76. The van der Waals surface area contributed by atoms with E-state index >= 15 is 0 Å². The molecule has 178 valence electrons. The first-order valence-corrected chi connectivity index (χ1v) is 12.9. The number of piperazine rings is 1. The smallest absolute Gasteiger partial charge is 0.253 e. The van der Waals surface area contributed by atoms with Crippen molar-refractivity contribution in [2.24, 2.45) is 0 Å². The number of carbonyl (C=O) groups excluding carboxylic acids is 1. The van der Waals surface area contributed by atoms with Gasteiger partial charge in [-0.3, -0.25) is 9.89 Å². The average molecular weight is 487 g/mol. The van der Waals surface area contributed by atoms with Gasteiger partial charge in [0.1, 0.15) is 0 Å². The van der Waals surface area contributed by atoms with Gasteiger partial charge in [-0.05, 0) is 48.9 Å². The number of fused-ring (bicyclic) bond motifs is 1. The number of H-pyrrole nitrogens is 1. The molecule has 5 rings (SSSR count). The normalized spacial score (nSPS) is 15.2. The summed E-state index contributed by atoms with van der Waals surface area (Å²) in [6, 6.07) is 22.2. The molecule has 7 nitrogen and oxygen atoms in total. The zero-order valence-electron chi connectivity index (χ0n) is 19.4. The molecule has 1 aliphatic heterocycles. The van der Waals surface area contributed by atoms with E-state index in [1.165, 1.54) is 4.31 Å². The molecule has 1 saturated heterocycles. The van der Waals surface area contributed by atoms with Crippen molar-refractivity contribution in [3.05, 3.63) is 95.2 Å². The number of rotatable bonds is 5. The number of aryl methyl sites for hydroxylation is 1. The molecule has 0 spiro atoms. The Morgan fingerprint density at radius 3 is 2.29 bits per heavy atom. The summed E-state index contributed by atoms with van der Waals surface area (Å²) in [5.41, 5.74) is 4.40. The SMILES string of the molecule is Cc1ccc(S(=O)(=O)N2CCN(C(=O)c3ccc(C=Cc4n[nH]c5ccccc45)cc3)CC2)cc1. The van der Waals surface area contributed by atoms with Gasteiger partial charge >= 0.3 is 0 Å². The maximum Gasteiger partial charge on any atom is 0.253 e. The molecule has 35 heavy (non-hydrogen) atoms. The van der Waals surface area contributed by atoms with Crippen LogP contribution >= 0.6 is 0 Å². The molecule has 3 aromatic carbocycles. The summed E-state index contributed by atoms with van der Waals surface area (Å²) in [5, 5.41) is 8.42. The van der Waals surface area contributed by atoms with E-state index in [1.54, 1.807) is 41.3 Å². The summed E-state index contributed by atoms with van der Waals surface area (Å²) in [6.45, 7) is 3.20. The minimum absolute atomic E-state index is 0.0915. The van der Waals surface area contributed by atoms with Gasteiger partial charge in [0.15, 0.2) is 0 Å². The number of benzene rings is 3. The fourth-order valence-corrected chi connectivity index (χ4v) is 5.62. The minimum atomic E-state index is -3.56. The van der Waals surface area contributed by atoms with E-state index in [-0.39, 0.29) is 23.9 Å². The van der Waals surface area contributed by atoms with Crippen LogP contribution in [0.15, 0.2) is 77.7 Å². The largest absolute Gasteiger partial charge is 0.336 e. The molecule has 4 aromatic rings. The van der Waals surface area contributed by atoms with Crippen molar-refractivity contribution in [1.29, 1.82) is 0 Å². The fraction of sp³-hybridized carbons (Fsp3) is 0.185. The van der Waals surface area contributed by atoms with Crippen LogP contribution in [-0.2, 0) is 10.0 Å². The topological polar surface area (TPSA) is 86.4 Å². The second kappa shape index (κ2) is 9.48. The van der Waals surface area contributed by atoms with E-state index < -0.39 is 10.0 Å². The standard InChI is InChI=1S/C27H26N4O3S/c1-20-6-13-23(14-7-20)35(33,34)31-18-16-30(17-19-31)27(32)22-11-8-21(9-12-22)10-15-26-24-4-2-3-5-25(24)28-29-26/h2-15H,16-19H2,1H3,(H,28,29). The molecule has 0 saturated carbocycles. The zero-order chi connectivity index (χ0) is 24.4. The first kappa shape index (κ1) is 23.0. The molecular weight excluding hydrogens is 460 g/mol. The molecule has 0 unspecified atom stereocenters. The van der Waals surface area contributed by atoms with Gasteiger partial charge in [0.2, 0.25) is 10.0 Å². The molecule has 1 aromatic heterocycles. The number of hydrogen-bond donors (Lipinski definition) is 1. The highest BCUT2D eigenvalue weighted by Gasteiger charge is 2.30. The Morgan fingerprint density at radius 1 is 0.886 bits per heavy atom. The predicted octanol–water partition coefficient (Wildman–Crippen LogP) is 4.19. The molecule has 1 N–H and O–H groups in total. The van der Waals surface area contributed by atoms with E-state index in [4.69, 9.17) is 0 Å². The van der Waals surface area contributed by atoms with Gasteiger partial charge in [0.25, 0.3) is 5.91 Å². The third-order valence-corrected chi connectivity index (χ3v) is 8.19. The third-order valence-electron chi connectivity index (χ3n) is 6.28. The monoisotopic (exact) mass is 486 g/mol. The summed E-state index contributed by atoms with van der Waals surface area (Å²) < 4.78 is 27.3. The molecule has 0 radical (unpaired) electrons. The number of nitrogens with zero attached hydrogens (tertiary/aromatic N) is 3. The van der Waals surface area contributed by atoms with E-state index in [0.29, 0.717) is 18.7 Å². The Bertz CT molecular complexity index is 1480. The highest BCUT2D eigenvalue weighted by molar-refractivity contribution is 7.89. The fourth-order valence-electron chi connectivity index (χ4n) is 4.20. The van der Waals surface area contributed by atoms with Crippen molar-refractivity contribution >= 4 is 39.0 Å².